The fourth-order valence-corrected chi connectivity index (χ4v) is 2.51. The summed E-state index contributed by atoms with van der Waals surface area (Å²) in [5.41, 5.74) is 1.38. The summed E-state index contributed by atoms with van der Waals surface area (Å²) in [7, 11) is 0. The van der Waals surface area contributed by atoms with Crippen LogP contribution in [0.3, 0.4) is 0 Å². The molecule has 0 aliphatic rings. The van der Waals surface area contributed by atoms with Gasteiger partial charge >= 0.3 is 0 Å². The number of aromatic nitrogens is 1. The summed E-state index contributed by atoms with van der Waals surface area (Å²) < 4.78 is 13.8. The number of halogens is 1. The Bertz CT molecular complexity index is 627. The van der Waals surface area contributed by atoms with Crippen LogP contribution in [0.2, 0.25) is 0 Å². The van der Waals surface area contributed by atoms with Crippen LogP contribution in [0.4, 0.5) is 10.1 Å². The first-order valence-electron chi connectivity index (χ1n) is 6.83. The fourth-order valence-electron chi connectivity index (χ4n) is 1.90. The van der Waals surface area contributed by atoms with E-state index in [0.29, 0.717) is 18.7 Å². The van der Waals surface area contributed by atoms with E-state index in [2.05, 4.69) is 15.6 Å². The third-order valence-corrected chi connectivity index (χ3v) is 3.73. The number of hydrogen-bond acceptors (Lipinski definition) is 4. The molecule has 0 radical (unpaired) electrons. The molecule has 1 aromatic heterocycles. The van der Waals surface area contributed by atoms with Gasteiger partial charge in [0.2, 0.25) is 0 Å². The summed E-state index contributed by atoms with van der Waals surface area (Å²) in [6, 6.07) is 4.50. The number of hydrogen-bond donors (Lipinski definition) is 2. The molecular weight excluding hydrogens is 289 g/mol. The van der Waals surface area contributed by atoms with Gasteiger partial charge in [-0.2, -0.15) is 0 Å². The lowest BCUT2D eigenvalue weighted by Gasteiger charge is -2.12. The summed E-state index contributed by atoms with van der Waals surface area (Å²) in [6.45, 7) is 4.85. The molecule has 112 valence electrons. The number of carbonyl (C=O) groups is 1. The Labute approximate surface area is 127 Å². The Morgan fingerprint density at radius 2 is 2.24 bits per heavy atom. The molecular formula is C15H18FN3OS. The lowest BCUT2D eigenvalue weighted by molar-refractivity contribution is 0.0951. The predicted molar refractivity (Wildman–Crippen MR) is 83.2 cm³/mol. The molecule has 0 saturated carbocycles. The van der Waals surface area contributed by atoms with Crippen LogP contribution in [0.1, 0.15) is 34.4 Å². The summed E-state index contributed by atoms with van der Waals surface area (Å²) >= 11 is 1.53. The lowest BCUT2D eigenvalue weighted by Crippen LogP contribution is -2.24. The average Bonchev–Trinajstić information content (AvgIpc) is 2.89. The van der Waals surface area contributed by atoms with Crippen molar-refractivity contribution in [3.8, 4) is 0 Å². The topological polar surface area (TPSA) is 54.0 Å². The third-order valence-electron chi connectivity index (χ3n) is 2.91. The Morgan fingerprint density at radius 3 is 2.90 bits per heavy atom. The number of nitrogens with one attached hydrogen (secondary N) is 2. The first-order chi connectivity index (χ1) is 10.1. The monoisotopic (exact) mass is 307 g/mol. The maximum Gasteiger partial charge on any atom is 0.253 e. The number of carbonyl (C=O) groups excluding carboxylic acids is 1. The van der Waals surface area contributed by atoms with Gasteiger partial charge in [0.15, 0.2) is 0 Å². The second kappa shape index (κ2) is 7.17. The van der Waals surface area contributed by atoms with Crippen LogP contribution in [0.5, 0.6) is 0 Å². The van der Waals surface area contributed by atoms with Gasteiger partial charge < -0.3 is 10.6 Å². The Hall–Kier alpha value is -1.95. The number of anilines is 1. The number of aryl methyl sites for hydroxylation is 1. The van der Waals surface area contributed by atoms with Gasteiger partial charge in [0.25, 0.3) is 5.91 Å². The smallest absolute Gasteiger partial charge is 0.253 e. The normalized spacial score (nSPS) is 10.4. The molecule has 2 rings (SSSR count). The molecule has 21 heavy (non-hydrogen) atoms. The molecule has 1 amide bonds. The Balaban J connectivity index is 2.09. The van der Waals surface area contributed by atoms with Gasteiger partial charge in [-0.3, -0.25) is 4.79 Å². The van der Waals surface area contributed by atoms with E-state index in [1.165, 1.54) is 23.5 Å². The molecule has 4 nitrogen and oxygen atoms in total. The maximum absolute atomic E-state index is 13.8. The summed E-state index contributed by atoms with van der Waals surface area (Å²) in [5.74, 6) is -0.723. The number of para-hydroxylation sites is 1. The highest BCUT2D eigenvalue weighted by Crippen LogP contribution is 2.20. The largest absolute Gasteiger partial charge is 0.382 e. The molecule has 0 unspecified atom stereocenters. The molecule has 0 saturated heterocycles. The summed E-state index contributed by atoms with van der Waals surface area (Å²) in [6.07, 6.45) is 0.855. The molecule has 1 heterocycles. The van der Waals surface area contributed by atoms with Crippen LogP contribution in [0, 0.1) is 12.7 Å². The molecule has 2 aromatic rings. The second-order valence-corrected chi connectivity index (χ2v) is 5.69. The van der Waals surface area contributed by atoms with Crippen molar-refractivity contribution in [1.29, 1.82) is 0 Å². The van der Waals surface area contributed by atoms with Gasteiger partial charge in [-0.25, -0.2) is 9.37 Å². The van der Waals surface area contributed by atoms with Crippen molar-refractivity contribution in [3.05, 3.63) is 45.7 Å². The molecule has 2 N–H and O–H groups in total. The van der Waals surface area contributed by atoms with Crippen molar-refractivity contribution in [2.75, 3.05) is 11.9 Å². The third kappa shape index (κ3) is 4.01. The molecule has 0 bridgehead atoms. The Morgan fingerprint density at radius 1 is 1.43 bits per heavy atom. The highest BCUT2D eigenvalue weighted by molar-refractivity contribution is 7.09. The van der Waals surface area contributed by atoms with Gasteiger partial charge in [0.1, 0.15) is 5.82 Å². The van der Waals surface area contributed by atoms with E-state index in [9.17, 15) is 9.18 Å². The van der Waals surface area contributed by atoms with E-state index in [4.69, 9.17) is 0 Å². The van der Waals surface area contributed by atoms with E-state index in [1.54, 1.807) is 6.07 Å². The first-order valence-corrected chi connectivity index (χ1v) is 7.71. The number of benzene rings is 1. The molecule has 0 aliphatic carbocycles. The summed E-state index contributed by atoms with van der Waals surface area (Å²) in [5, 5.41) is 8.59. The minimum Gasteiger partial charge on any atom is -0.382 e. The molecule has 0 aliphatic heterocycles. The van der Waals surface area contributed by atoms with E-state index in [1.807, 2.05) is 19.2 Å². The minimum atomic E-state index is -0.416. The molecule has 0 fully saturated rings. The number of rotatable bonds is 6. The molecule has 0 atom stereocenters. The van der Waals surface area contributed by atoms with Gasteiger partial charge in [0.05, 0.1) is 28.5 Å². The van der Waals surface area contributed by atoms with Crippen molar-refractivity contribution in [1.82, 2.24) is 10.3 Å². The van der Waals surface area contributed by atoms with E-state index in [0.717, 1.165) is 17.1 Å². The van der Waals surface area contributed by atoms with Crippen LogP contribution >= 0.6 is 11.3 Å². The van der Waals surface area contributed by atoms with Crippen LogP contribution in [-0.2, 0) is 6.54 Å². The first kappa shape index (κ1) is 15.4. The van der Waals surface area contributed by atoms with Crippen LogP contribution in [0.25, 0.3) is 0 Å². The van der Waals surface area contributed by atoms with E-state index >= 15 is 0 Å². The molecule has 1 aromatic carbocycles. The van der Waals surface area contributed by atoms with E-state index < -0.39 is 5.82 Å². The highest BCUT2D eigenvalue weighted by Gasteiger charge is 2.14. The van der Waals surface area contributed by atoms with Crippen molar-refractivity contribution in [2.24, 2.45) is 0 Å². The zero-order chi connectivity index (χ0) is 15.2. The van der Waals surface area contributed by atoms with Crippen molar-refractivity contribution < 1.29 is 9.18 Å². The van der Waals surface area contributed by atoms with E-state index in [-0.39, 0.29) is 11.6 Å². The van der Waals surface area contributed by atoms with Crippen molar-refractivity contribution in [3.63, 3.8) is 0 Å². The second-order valence-electron chi connectivity index (χ2n) is 4.63. The average molecular weight is 307 g/mol. The lowest BCUT2D eigenvalue weighted by atomic mass is 10.1. The predicted octanol–water partition coefficient (Wildman–Crippen LogP) is 3.34. The quantitative estimate of drug-likeness (QED) is 0.860. The zero-order valence-corrected chi connectivity index (χ0v) is 12.9. The minimum absolute atomic E-state index is 0.256. The van der Waals surface area contributed by atoms with Gasteiger partial charge in [0, 0.05) is 11.9 Å². The van der Waals surface area contributed by atoms with Crippen LogP contribution < -0.4 is 10.6 Å². The SMILES string of the molecule is CCCNc1c(F)cccc1C(=O)NCc1csc(C)n1. The van der Waals surface area contributed by atoms with Gasteiger partial charge in [-0.1, -0.05) is 13.0 Å². The standard InChI is InChI=1S/C15H18FN3OS/c1-3-7-17-14-12(5-4-6-13(14)16)15(20)18-8-11-9-21-10(2)19-11/h4-6,9,17H,3,7-8H2,1-2H3,(H,18,20). The number of nitrogens with zero attached hydrogens (tertiary/aromatic N) is 1. The summed E-state index contributed by atoms with van der Waals surface area (Å²) in [4.78, 5) is 16.5. The van der Waals surface area contributed by atoms with Crippen LogP contribution in [0.15, 0.2) is 23.6 Å². The molecule has 6 heteroatoms. The van der Waals surface area contributed by atoms with Crippen LogP contribution in [-0.4, -0.2) is 17.4 Å². The maximum atomic E-state index is 13.8. The fraction of sp³-hybridized carbons (Fsp3) is 0.333. The molecule has 0 spiro atoms. The van der Waals surface area contributed by atoms with Crippen molar-refractivity contribution in [2.45, 2.75) is 26.8 Å². The van der Waals surface area contributed by atoms with Gasteiger partial charge in [-0.05, 0) is 25.5 Å². The number of amides is 1. The van der Waals surface area contributed by atoms with Gasteiger partial charge in [-0.15, -0.1) is 11.3 Å². The number of thiazole rings is 1. The van der Waals surface area contributed by atoms with Crippen molar-refractivity contribution >= 4 is 22.9 Å². The highest BCUT2D eigenvalue weighted by atomic mass is 32.1. The zero-order valence-electron chi connectivity index (χ0n) is 12.1. The Kier molecular flexibility index (Phi) is 5.27.